The fraction of sp³-hybridized carbons (Fsp3) is 0.444. The molecule has 3 nitrogen and oxygen atoms in total. The van der Waals surface area contributed by atoms with Crippen LogP contribution in [0, 0.1) is 0 Å². The maximum absolute atomic E-state index is 5.77. The van der Waals surface area contributed by atoms with Crippen LogP contribution >= 0.6 is 0 Å². The number of benzene rings is 1. The average Bonchev–Trinajstić information content (AvgIpc) is 2.94. The van der Waals surface area contributed by atoms with Crippen molar-refractivity contribution in [1.29, 1.82) is 0 Å². The first-order valence-electron chi connectivity index (χ1n) is 7.50. The van der Waals surface area contributed by atoms with E-state index < -0.39 is 0 Å². The predicted molar refractivity (Wildman–Crippen MR) is 85.6 cm³/mol. The van der Waals surface area contributed by atoms with Gasteiger partial charge in [-0.05, 0) is 48.7 Å². The molecule has 0 atom stereocenters. The Labute approximate surface area is 127 Å². The molecule has 0 bridgehead atoms. The lowest BCUT2D eigenvalue weighted by Crippen LogP contribution is -2.15. The predicted octanol–water partition coefficient (Wildman–Crippen LogP) is 4.27. The minimum Gasteiger partial charge on any atom is -0.486 e. The lowest BCUT2D eigenvalue weighted by atomic mass is 9.82. The minimum absolute atomic E-state index is 0.210. The number of hydrogen-bond acceptors (Lipinski definition) is 3. The van der Waals surface area contributed by atoms with Crippen molar-refractivity contribution in [2.45, 2.75) is 45.8 Å². The summed E-state index contributed by atoms with van der Waals surface area (Å²) in [4.78, 5) is 0. The highest BCUT2D eigenvalue weighted by Crippen LogP contribution is 2.28. The lowest BCUT2D eigenvalue weighted by Gasteiger charge is -2.23. The third-order valence-electron chi connectivity index (χ3n) is 3.97. The van der Waals surface area contributed by atoms with Crippen LogP contribution in [-0.2, 0) is 18.6 Å². The third kappa shape index (κ3) is 4.11. The zero-order chi connectivity index (χ0) is 15.3. The number of ether oxygens (including phenoxy) is 1. The second kappa shape index (κ2) is 6.81. The first kappa shape index (κ1) is 15.6. The molecular formula is C18H25NO2. The van der Waals surface area contributed by atoms with Crippen LogP contribution in [0.2, 0.25) is 0 Å². The molecule has 1 N–H and O–H groups in total. The summed E-state index contributed by atoms with van der Waals surface area (Å²) in [7, 11) is 1.90. The molecular weight excluding hydrogens is 262 g/mol. The van der Waals surface area contributed by atoms with Gasteiger partial charge in [-0.25, -0.2) is 0 Å². The van der Waals surface area contributed by atoms with Crippen molar-refractivity contribution in [2.75, 3.05) is 7.05 Å². The van der Waals surface area contributed by atoms with Crippen molar-refractivity contribution in [2.24, 2.45) is 0 Å². The molecule has 2 rings (SSSR count). The molecule has 0 aliphatic rings. The second-order valence-corrected chi connectivity index (χ2v) is 5.95. The smallest absolute Gasteiger partial charge is 0.146 e. The third-order valence-corrected chi connectivity index (χ3v) is 3.97. The van der Waals surface area contributed by atoms with Crippen LogP contribution in [0.3, 0.4) is 0 Å². The van der Waals surface area contributed by atoms with Crippen LogP contribution < -0.4 is 10.1 Å². The van der Waals surface area contributed by atoms with Gasteiger partial charge >= 0.3 is 0 Å². The normalized spacial score (nSPS) is 11.6. The summed E-state index contributed by atoms with van der Waals surface area (Å²) in [5.41, 5.74) is 1.55. The molecule has 1 aromatic carbocycles. The molecule has 114 valence electrons. The van der Waals surface area contributed by atoms with Crippen molar-refractivity contribution < 1.29 is 9.15 Å². The van der Waals surface area contributed by atoms with E-state index >= 15 is 0 Å². The van der Waals surface area contributed by atoms with E-state index in [1.165, 1.54) is 5.56 Å². The fourth-order valence-corrected chi connectivity index (χ4v) is 2.13. The zero-order valence-corrected chi connectivity index (χ0v) is 13.4. The summed E-state index contributed by atoms with van der Waals surface area (Å²) < 4.78 is 11.4. The summed E-state index contributed by atoms with van der Waals surface area (Å²) in [6.07, 6.45) is 1.12. The van der Waals surface area contributed by atoms with Gasteiger partial charge in [-0.3, -0.25) is 0 Å². The standard InChI is InChI=1S/C18H25NO2/c1-5-18(2,3)14-6-8-15(9-7-14)20-13-17-11-10-16(21-17)12-19-4/h6-11,19H,5,12-13H2,1-4H3. The Bertz CT molecular complexity index is 555. The summed E-state index contributed by atoms with van der Waals surface area (Å²) in [5.74, 6) is 2.64. The zero-order valence-electron chi connectivity index (χ0n) is 13.4. The van der Waals surface area contributed by atoms with Gasteiger partial charge in [-0.2, -0.15) is 0 Å². The van der Waals surface area contributed by atoms with E-state index in [-0.39, 0.29) is 5.41 Å². The molecule has 0 unspecified atom stereocenters. The van der Waals surface area contributed by atoms with E-state index in [1.807, 2.05) is 31.3 Å². The Balaban J connectivity index is 1.94. The van der Waals surface area contributed by atoms with Crippen molar-refractivity contribution in [3.05, 3.63) is 53.5 Å². The minimum atomic E-state index is 0.210. The second-order valence-electron chi connectivity index (χ2n) is 5.95. The topological polar surface area (TPSA) is 34.4 Å². The van der Waals surface area contributed by atoms with Crippen LogP contribution in [0.25, 0.3) is 0 Å². The molecule has 0 radical (unpaired) electrons. The van der Waals surface area contributed by atoms with E-state index in [0.29, 0.717) is 6.61 Å². The lowest BCUT2D eigenvalue weighted by molar-refractivity contribution is 0.265. The molecule has 0 fully saturated rings. The molecule has 21 heavy (non-hydrogen) atoms. The van der Waals surface area contributed by atoms with Gasteiger partial charge in [0.2, 0.25) is 0 Å². The molecule has 0 aliphatic carbocycles. The van der Waals surface area contributed by atoms with Crippen molar-refractivity contribution in [3.63, 3.8) is 0 Å². The first-order valence-corrected chi connectivity index (χ1v) is 7.50. The van der Waals surface area contributed by atoms with E-state index in [2.05, 4.69) is 38.2 Å². The van der Waals surface area contributed by atoms with Crippen molar-refractivity contribution >= 4 is 0 Å². The Morgan fingerprint density at radius 1 is 1.05 bits per heavy atom. The molecule has 0 aliphatic heterocycles. The first-order chi connectivity index (χ1) is 10.0. The monoisotopic (exact) mass is 287 g/mol. The highest BCUT2D eigenvalue weighted by Gasteiger charge is 2.17. The van der Waals surface area contributed by atoms with Gasteiger partial charge in [-0.15, -0.1) is 0 Å². The van der Waals surface area contributed by atoms with E-state index in [4.69, 9.17) is 9.15 Å². The van der Waals surface area contributed by atoms with Gasteiger partial charge in [0, 0.05) is 0 Å². The molecule has 3 heteroatoms. The van der Waals surface area contributed by atoms with Gasteiger partial charge in [-0.1, -0.05) is 32.9 Å². The highest BCUT2D eigenvalue weighted by atomic mass is 16.5. The fourth-order valence-electron chi connectivity index (χ4n) is 2.13. The highest BCUT2D eigenvalue weighted by molar-refractivity contribution is 5.31. The van der Waals surface area contributed by atoms with Crippen molar-refractivity contribution in [3.8, 4) is 5.75 Å². The molecule has 1 heterocycles. The summed E-state index contributed by atoms with van der Waals surface area (Å²) in [6, 6.07) is 12.3. The Kier molecular flexibility index (Phi) is 5.07. The number of furan rings is 1. The van der Waals surface area contributed by atoms with Crippen LogP contribution in [0.15, 0.2) is 40.8 Å². The van der Waals surface area contributed by atoms with Gasteiger partial charge in [0.1, 0.15) is 23.9 Å². The van der Waals surface area contributed by atoms with Gasteiger partial charge in [0.25, 0.3) is 0 Å². The average molecular weight is 287 g/mol. The summed E-state index contributed by atoms with van der Waals surface area (Å²) in [6.45, 7) is 7.93. The van der Waals surface area contributed by atoms with Crippen LogP contribution in [0.1, 0.15) is 44.3 Å². The van der Waals surface area contributed by atoms with Crippen LogP contribution in [0.5, 0.6) is 5.75 Å². The molecule has 0 saturated carbocycles. The Morgan fingerprint density at radius 3 is 2.33 bits per heavy atom. The number of hydrogen-bond donors (Lipinski definition) is 1. The Hall–Kier alpha value is -1.74. The molecule has 0 spiro atoms. The number of rotatable bonds is 7. The molecule has 0 saturated heterocycles. The quantitative estimate of drug-likeness (QED) is 0.826. The van der Waals surface area contributed by atoms with Crippen LogP contribution in [0.4, 0.5) is 0 Å². The summed E-state index contributed by atoms with van der Waals surface area (Å²) >= 11 is 0. The molecule has 1 aromatic heterocycles. The summed E-state index contributed by atoms with van der Waals surface area (Å²) in [5, 5.41) is 3.06. The van der Waals surface area contributed by atoms with Gasteiger partial charge in [0.15, 0.2) is 0 Å². The Morgan fingerprint density at radius 2 is 1.71 bits per heavy atom. The largest absolute Gasteiger partial charge is 0.486 e. The maximum Gasteiger partial charge on any atom is 0.146 e. The maximum atomic E-state index is 5.77. The molecule has 2 aromatic rings. The van der Waals surface area contributed by atoms with Crippen molar-refractivity contribution in [1.82, 2.24) is 5.32 Å². The van der Waals surface area contributed by atoms with Crippen LogP contribution in [-0.4, -0.2) is 7.05 Å². The molecule has 0 amide bonds. The van der Waals surface area contributed by atoms with Gasteiger partial charge < -0.3 is 14.5 Å². The SMILES string of the molecule is CCC(C)(C)c1ccc(OCc2ccc(CNC)o2)cc1. The number of nitrogens with one attached hydrogen (secondary N) is 1. The van der Waals surface area contributed by atoms with E-state index in [0.717, 1.165) is 30.2 Å². The van der Waals surface area contributed by atoms with E-state index in [1.54, 1.807) is 0 Å². The van der Waals surface area contributed by atoms with Gasteiger partial charge in [0.05, 0.1) is 6.54 Å². The van der Waals surface area contributed by atoms with E-state index in [9.17, 15) is 0 Å².